The van der Waals surface area contributed by atoms with E-state index >= 15 is 0 Å². The fourth-order valence-electron chi connectivity index (χ4n) is 2.77. The molecule has 1 atom stereocenters. The van der Waals surface area contributed by atoms with E-state index in [1.807, 2.05) is 54.6 Å². The number of nitrogens with one attached hydrogen (secondary N) is 2. The summed E-state index contributed by atoms with van der Waals surface area (Å²) in [5, 5.41) is 6.30. The lowest BCUT2D eigenvalue weighted by molar-refractivity contribution is -0.118. The molecule has 2 aromatic rings. The van der Waals surface area contributed by atoms with Crippen LogP contribution in [0.15, 0.2) is 54.6 Å². The molecular weight excluding hydrogens is 302 g/mol. The number of para-hydroxylation sites is 3. The van der Waals surface area contributed by atoms with E-state index in [1.165, 1.54) is 0 Å². The van der Waals surface area contributed by atoms with E-state index in [4.69, 9.17) is 4.74 Å². The lowest BCUT2D eigenvalue weighted by Gasteiger charge is -2.33. The molecule has 0 spiro atoms. The molecule has 2 N–H and O–H groups in total. The van der Waals surface area contributed by atoms with Crippen LogP contribution in [-0.2, 0) is 4.79 Å². The fraction of sp³-hybridized carbons (Fsp3) is 0.316. The van der Waals surface area contributed by atoms with Crippen molar-refractivity contribution < 1.29 is 9.53 Å². The number of benzene rings is 2. The third kappa shape index (κ3) is 4.34. The molecule has 0 bridgehead atoms. The van der Waals surface area contributed by atoms with Crippen molar-refractivity contribution in [3.05, 3.63) is 54.6 Å². The first-order valence-corrected chi connectivity index (χ1v) is 8.29. The number of hydrogen-bond donors (Lipinski definition) is 2. The highest BCUT2D eigenvalue weighted by atomic mass is 16.5. The largest absolute Gasteiger partial charge is 0.455 e. The Bertz CT molecular complexity index is 675. The zero-order valence-corrected chi connectivity index (χ0v) is 13.9. The highest BCUT2D eigenvalue weighted by molar-refractivity contribution is 5.93. The molecule has 0 saturated carbocycles. The van der Waals surface area contributed by atoms with Gasteiger partial charge < -0.3 is 15.4 Å². The monoisotopic (exact) mass is 325 g/mol. The number of piperazine rings is 1. The van der Waals surface area contributed by atoms with E-state index in [-0.39, 0.29) is 5.91 Å². The summed E-state index contributed by atoms with van der Waals surface area (Å²) in [5.74, 6) is 1.37. The highest BCUT2D eigenvalue weighted by Crippen LogP contribution is 2.29. The molecule has 5 nitrogen and oxygen atoms in total. The van der Waals surface area contributed by atoms with E-state index < -0.39 is 0 Å². The summed E-state index contributed by atoms with van der Waals surface area (Å²) >= 11 is 0. The second-order valence-corrected chi connectivity index (χ2v) is 5.98. The van der Waals surface area contributed by atoms with E-state index in [9.17, 15) is 4.79 Å². The van der Waals surface area contributed by atoms with Crippen LogP contribution in [0.2, 0.25) is 0 Å². The lowest BCUT2D eigenvalue weighted by Crippen LogP contribution is -2.51. The number of carbonyl (C=O) groups excluding carboxylic acids is 1. The van der Waals surface area contributed by atoms with Gasteiger partial charge in [-0.25, -0.2) is 0 Å². The quantitative estimate of drug-likeness (QED) is 0.887. The van der Waals surface area contributed by atoms with Crippen molar-refractivity contribution in [3.63, 3.8) is 0 Å². The van der Waals surface area contributed by atoms with Crippen LogP contribution >= 0.6 is 0 Å². The van der Waals surface area contributed by atoms with Gasteiger partial charge in [0.2, 0.25) is 5.91 Å². The first-order valence-electron chi connectivity index (χ1n) is 8.29. The Morgan fingerprint density at radius 1 is 1.21 bits per heavy atom. The van der Waals surface area contributed by atoms with E-state index in [1.54, 1.807) is 0 Å². The molecule has 0 radical (unpaired) electrons. The molecule has 1 amide bonds. The van der Waals surface area contributed by atoms with E-state index in [2.05, 4.69) is 22.5 Å². The molecule has 0 aliphatic carbocycles. The molecule has 1 saturated heterocycles. The lowest BCUT2D eigenvalue weighted by atomic mass is 10.2. The molecule has 1 aliphatic rings. The Hall–Kier alpha value is -2.37. The number of amides is 1. The Labute approximate surface area is 142 Å². The predicted molar refractivity (Wildman–Crippen MR) is 95.5 cm³/mol. The zero-order chi connectivity index (χ0) is 16.8. The van der Waals surface area contributed by atoms with Crippen molar-refractivity contribution in [2.24, 2.45) is 0 Å². The number of anilines is 1. The molecule has 24 heavy (non-hydrogen) atoms. The second-order valence-electron chi connectivity index (χ2n) is 5.98. The molecule has 1 heterocycles. The Balaban J connectivity index is 1.65. The highest BCUT2D eigenvalue weighted by Gasteiger charge is 2.20. The van der Waals surface area contributed by atoms with Crippen LogP contribution < -0.4 is 15.4 Å². The second kappa shape index (κ2) is 7.95. The van der Waals surface area contributed by atoms with E-state index in [0.29, 0.717) is 24.0 Å². The predicted octanol–water partition coefficient (Wildman–Crippen LogP) is 2.71. The maximum atomic E-state index is 12.4. The topological polar surface area (TPSA) is 53.6 Å². The van der Waals surface area contributed by atoms with Gasteiger partial charge in [0.05, 0.1) is 12.2 Å². The number of ether oxygens (including phenoxy) is 1. The van der Waals surface area contributed by atoms with Crippen molar-refractivity contribution >= 4 is 11.6 Å². The molecule has 3 rings (SSSR count). The van der Waals surface area contributed by atoms with Gasteiger partial charge in [0.25, 0.3) is 0 Å². The number of nitrogens with zero attached hydrogens (tertiary/aromatic N) is 1. The fourth-order valence-corrected chi connectivity index (χ4v) is 2.77. The summed E-state index contributed by atoms with van der Waals surface area (Å²) in [5.41, 5.74) is 0.689. The van der Waals surface area contributed by atoms with Crippen LogP contribution in [0.3, 0.4) is 0 Å². The van der Waals surface area contributed by atoms with Gasteiger partial charge >= 0.3 is 0 Å². The van der Waals surface area contributed by atoms with Crippen LogP contribution in [0.1, 0.15) is 6.92 Å². The minimum Gasteiger partial charge on any atom is -0.455 e. The van der Waals surface area contributed by atoms with Gasteiger partial charge in [0.1, 0.15) is 5.75 Å². The van der Waals surface area contributed by atoms with Crippen molar-refractivity contribution in [3.8, 4) is 11.5 Å². The van der Waals surface area contributed by atoms with Gasteiger partial charge in [-0.1, -0.05) is 30.3 Å². The summed E-state index contributed by atoms with van der Waals surface area (Å²) in [6.07, 6.45) is 0. The third-order valence-corrected chi connectivity index (χ3v) is 4.12. The summed E-state index contributed by atoms with van der Waals surface area (Å²) in [6, 6.07) is 17.4. The first-order chi connectivity index (χ1) is 11.7. The first kappa shape index (κ1) is 16.5. The molecule has 5 heteroatoms. The van der Waals surface area contributed by atoms with Crippen LogP contribution in [0.25, 0.3) is 0 Å². The Kier molecular flexibility index (Phi) is 5.46. The van der Waals surface area contributed by atoms with Crippen LogP contribution in [-0.4, -0.2) is 43.0 Å². The summed E-state index contributed by atoms with van der Waals surface area (Å²) in [6.45, 7) is 5.25. The van der Waals surface area contributed by atoms with Gasteiger partial charge in [-0.2, -0.15) is 0 Å². The number of rotatable bonds is 5. The van der Waals surface area contributed by atoms with Gasteiger partial charge in [-0.3, -0.25) is 9.69 Å². The number of carbonyl (C=O) groups is 1. The Morgan fingerprint density at radius 3 is 2.75 bits per heavy atom. The van der Waals surface area contributed by atoms with Crippen molar-refractivity contribution in [1.82, 2.24) is 10.2 Å². The van der Waals surface area contributed by atoms with E-state index in [0.717, 1.165) is 25.4 Å². The Morgan fingerprint density at radius 2 is 1.96 bits per heavy atom. The molecule has 0 aromatic heterocycles. The SMILES string of the molecule is C[C@H]1CNCCN1CC(=O)Nc1ccccc1Oc1ccccc1. The van der Waals surface area contributed by atoms with Crippen LogP contribution in [0.4, 0.5) is 5.69 Å². The van der Waals surface area contributed by atoms with Crippen molar-refractivity contribution in [2.45, 2.75) is 13.0 Å². The maximum Gasteiger partial charge on any atom is 0.238 e. The number of hydrogen-bond acceptors (Lipinski definition) is 4. The normalized spacial score (nSPS) is 18.1. The standard InChI is InChI=1S/C19H23N3O2/c1-15-13-20-11-12-22(15)14-19(23)21-17-9-5-6-10-18(17)24-16-7-3-2-4-8-16/h2-10,15,20H,11-14H2,1H3,(H,21,23)/t15-/m0/s1. The molecule has 0 unspecified atom stereocenters. The van der Waals surface area contributed by atoms with Crippen molar-refractivity contribution in [1.29, 1.82) is 0 Å². The molecule has 126 valence electrons. The van der Waals surface area contributed by atoms with Crippen LogP contribution in [0.5, 0.6) is 11.5 Å². The van der Waals surface area contributed by atoms with Gasteiger partial charge in [-0.15, -0.1) is 0 Å². The third-order valence-electron chi connectivity index (χ3n) is 4.12. The van der Waals surface area contributed by atoms with Crippen molar-refractivity contribution in [2.75, 3.05) is 31.5 Å². The summed E-state index contributed by atoms with van der Waals surface area (Å²) in [4.78, 5) is 14.6. The molecule has 1 fully saturated rings. The minimum atomic E-state index is -0.0205. The average Bonchev–Trinajstić information content (AvgIpc) is 2.60. The van der Waals surface area contributed by atoms with Gasteiger partial charge in [0, 0.05) is 25.7 Å². The minimum absolute atomic E-state index is 0.0205. The zero-order valence-electron chi connectivity index (χ0n) is 13.9. The summed E-state index contributed by atoms with van der Waals surface area (Å²) in [7, 11) is 0. The smallest absolute Gasteiger partial charge is 0.238 e. The van der Waals surface area contributed by atoms with Crippen LogP contribution in [0, 0.1) is 0 Å². The molecular formula is C19H23N3O2. The van der Waals surface area contributed by atoms with Gasteiger partial charge in [0.15, 0.2) is 5.75 Å². The molecule has 2 aromatic carbocycles. The maximum absolute atomic E-state index is 12.4. The van der Waals surface area contributed by atoms with Gasteiger partial charge in [-0.05, 0) is 31.2 Å². The molecule has 1 aliphatic heterocycles. The average molecular weight is 325 g/mol. The summed E-state index contributed by atoms with van der Waals surface area (Å²) < 4.78 is 5.88.